The van der Waals surface area contributed by atoms with Crippen LogP contribution in [0, 0.1) is 0 Å². The van der Waals surface area contributed by atoms with Crippen molar-refractivity contribution in [3.8, 4) is 0 Å². The maximum atomic E-state index is 4.91. The molecule has 0 aliphatic heterocycles. The first-order valence-corrected chi connectivity index (χ1v) is 3.31. The van der Waals surface area contributed by atoms with Gasteiger partial charge in [-0.2, -0.15) is 0 Å². The second kappa shape index (κ2) is 3.44. The quantitative estimate of drug-likeness (QED) is 0.406. The van der Waals surface area contributed by atoms with Crippen LogP contribution >= 0.6 is 0 Å². The highest BCUT2D eigenvalue weighted by Crippen LogP contribution is 2.05. The molecule has 0 radical (unpaired) electrons. The van der Waals surface area contributed by atoms with E-state index in [1.165, 1.54) is 0 Å². The standard InChI is InChI=1S/C7H16N2O/c1-7(2,3)9-6(8-4)10-5/h1-5H3,(H,8,9). The van der Waals surface area contributed by atoms with Crippen LogP contribution < -0.4 is 5.32 Å². The lowest BCUT2D eigenvalue weighted by atomic mass is 10.1. The summed E-state index contributed by atoms with van der Waals surface area (Å²) in [5.74, 6) is 0. The normalized spacial score (nSPS) is 13.1. The van der Waals surface area contributed by atoms with Crippen molar-refractivity contribution in [2.75, 3.05) is 14.2 Å². The van der Waals surface area contributed by atoms with Crippen molar-refractivity contribution in [1.82, 2.24) is 5.32 Å². The molecule has 3 heteroatoms. The first kappa shape index (κ1) is 9.27. The molecular weight excluding hydrogens is 128 g/mol. The smallest absolute Gasteiger partial charge is 0.284 e. The molecule has 0 rings (SSSR count). The van der Waals surface area contributed by atoms with Crippen LogP contribution in [-0.2, 0) is 4.74 Å². The summed E-state index contributed by atoms with van der Waals surface area (Å²) in [6.07, 6.45) is 0. The minimum atomic E-state index is -0.0750. The molecule has 0 aromatic rings. The molecule has 0 amide bonds. The first-order chi connectivity index (χ1) is 4.49. The fourth-order valence-corrected chi connectivity index (χ4v) is 0.508. The third-order valence-electron chi connectivity index (χ3n) is 0.844. The molecule has 0 aliphatic carbocycles. The number of rotatable bonds is 0. The zero-order valence-electron chi connectivity index (χ0n) is 7.36. The second-order valence-corrected chi connectivity index (χ2v) is 3.04. The minimum Gasteiger partial charge on any atom is -0.469 e. The van der Waals surface area contributed by atoms with E-state index in [0.717, 1.165) is 0 Å². The molecule has 0 unspecified atom stereocenters. The van der Waals surface area contributed by atoms with Crippen LogP contribution in [0.5, 0.6) is 0 Å². The lowest BCUT2D eigenvalue weighted by Gasteiger charge is -2.13. The monoisotopic (exact) mass is 144 g/mol. The zero-order valence-corrected chi connectivity index (χ0v) is 7.36. The lowest BCUT2D eigenvalue weighted by Crippen LogP contribution is -2.25. The van der Waals surface area contributed by atoms with Gasteiger partial charge in [-0.05, 0) is 20.8 Å². The van der Waals surface area contributed by atoms with Crippen molar-refractivity contribution in [3.63, 3.8) is 0 Å². The number of aliphatic imine (C=N–C) groups is 1. The third-order valence-corrected chi connectivity index (χ3v) is 0.844. The van der Waals surface area contributed by atoms with E-state index in [1.54, 1.807) is 14.2 Å². The summed E-state index contributed by atoms with van der Waals surface area (Å²) < 4.78 is 4.91. The molecule has 0 aliphatic rings. The van der Waals surface area contributed by atoms with E-state index in [2.05, 4.69) is 10.3 Å². The SMILES string of the molecule is CN/C(=N/C(C)(C)C)OC. The minimum absolute atomic E-state index is 0.0750. The Bertz CT molecular complexity index is 118. The molecule has 1 N–H and O–H groups in total. The van der Waals surface area contributed by atoms with Crippen molar-refractivity contribution in [3.05, 3.63) is 0 Å². The maximum Gasteiger partial charge on any atom is 0.284 e. The van der Waals surface area contributed by atoms with Crippen LogP contribution in [0.25, 0.3) is 0 Å². The summed E-state index contributed by atoms with van der Waals surface area (Å²) in [6.45, 7) is 6.05. The number of nitrogens with zero attached hydrogens (tertiary/aromatic N) is 1. The van der Waals surface area contributed by atoms with Gasteiger partial charge < -0.3 is 10.1 Å². The highest BCUT2D eigenvalue weighted by Gasteiger charge is 2.08. The third kappa shape index (κ3) is 4.18. The molecule has 0 saturated heterocycles. The van der Waals surface area contributed by atoms with E-state index >= 15 is 0 Å². The first-order valence-electron chi connectivity index (χ1n) is 3.31. The topological polar surface area (TPSA) is 33.6 Å². The van der Waals surface area contributed by atoms with E-state index in [9.17, 15) is 0 Å². The average Bonchev–Trinajstić information content (AvgIpc) is 1.81. The fraction of sp³-hybridized carbons (Fsp3) is 0.857. The summed E-state index contributed by atoms with van der Waals surface area (Å²) in [5, 5.41) is 2.84. The number of hydrogen-bond acceptors (Lipinski definition) is 2. The zero-order chi connectivity index (χ0) is 8.20. The maximum absolute atomic E-state index is 4.91. The number of ether oxygens (including phenoxy) is 1. The molecule has 0 spiro atoms. The van der Waals surface area contributed by atoms with E-state index in [-0.39, 0.29) is 5.54 Å². The van der Waals surface area contributed by atoms with Gasteiger partial charge in [0.2, 0.25) is 0 Å². The van der Waals surface area contributed by atoms with Crippen LogP contribution in [0.1, 0.15) is 20.8 Å². The molecule has 0 saturated carbocycles. The Balaban J connectivity index is 4.11. The number of methoxy groups -OCH3 is 1. The molecule has 0 fully saturated rings. The summed E-state index contributed by atoms with van der Waals surface area (Å²) in [7, 11) is 3.38. The highest BCUT2D eigenvalue weighted by atomic mass is 16.5. The molecule has 3 nitrogen and oxygen atoms in total. The van der Waals surface area contributed by atoms with Crippen LogP contribution in [-0.4, -0.2) is 25.7 Å². The van der Waals surface area contributed by atoms with E-state index in [0.29, 0.717) is 6.02 Å². The van der Waals surface area contributed by atoms with E-state index in [4.69, 9.17) is 4.74 Å². The Morgan fingerprint density at radius 2 is 1.90 bits per heavy atom. The lowest BCUT2D eigenvalue weighted by molar-refractivity contribution is 0.373. The predicted molar refractivity (Wildman–Crippen MR) is 43.3 cm³/mol. The van der Waals surface area contributed by atoms with Crippen LogP contribution in [0.3, 0.4) is 0 Å². The number of hydrogen-bond donors (Lipinski definition) is 1. The van der Waals surface area contributed by atoms with Gasteiger partial charge in [0.25, 0.3) is 6.02 Å². The fourth-order valence-electron chi connectivity index (χ4n) is 0.508. The van der Waals surface area contributed by atoms with Gasteiger partial charge in [0.15, 0.2) is 0 Å². The molecule has 0 bridgehead atoms. The molecule has 0 heterocycles. The van der Waals surface area contributed by atoms with Crippen LogP contribution in [0.4, 0.5) is 0 Å². The van der Waals surface area contributed by atoms with Gasteiger partial charge in [-0.1, -0.05) is 0 Å². The molecule has 0 aromatic carbocycles. The van der Waals surface area contributed by atoms with Crippen molar-refractivity contribution in [2.45, 2.75) is 26.3 Å². The Hall–Kier alpha value is -0.730. The molecular formula is C7H16N2O. The largest absolute Gasteiger partial charge is 0.469 e. The van der Waals surface area contributed by atoms with Crippen molar-refractivity contribution < 1.29 is 4.74 Å². The average molecular weight is 144 g/mol. The molecule has 10 heavy (non-hydrogen) atoms. The van der Waals surface area contributed by atoms with Gasteiger partial charge in [0, 0.05) is 7.05 Å². The predicted octanol–water partition coefficient (Wildman–Crippen LogP) is 1.01. The van der Waals surface area contributed by atoms with Gasteiger partial charge in [-0.25, -0.2) is 4.99 Å². The summed E-state index contributed by atoms with van der Waals surface area (Å²) in [5.41, 5.74) is -0.0750. The van der Waals surface area contributed by atoms with E-state index in [1.807, 2.05) is 20.8 Å². The summed E-state index contributed by atoms with van der Waals surface area (Å²) >= 11 is 0. The Morgan fingerprint density at radius 3 is 2.00 bits per heavy atom. The number of nitrogens with one attached hydrogen (secondary N) is 1. The van der Waals surface area contributed by atoms with Gasteiger partial charge in [0.05, 0.1) is 12.6 Å². The molecule has 0 atom stereocenters. The van der Waals surface area contributed by atoms with Gasteiger partial charge in [0.1, 0.15) is 0 Å². The summed E-state index contributed by atoms with van der Waals surface area (Å²) in [6, 6.07) is 0.576. The highest BCUT2D eigenvalue weighted by molar-refractivity contribution is 5.73. The van der Waals surface area contributed by atoms with Crippen LogP contribution in [0.15, 0.2) is 4.99 Å². The Kier molecular flexibility index (Phi) is 3.19. The Labute approximate surface area is 62.5 Å². The van der Waals surface area contributed by atoms with Gasteiger partial charge in [-0.3, -0.25) is 0 Å². The van der Waals surface area contributed by atoms with Crippen molar-refractivity contribution >= 4 is 6.02 Å². The summed E-state index contributed by atoms with van der Waals surface area (Å²) in [4.78, 5) is 4.23. The number of amidine groups is 1. The Morgan fingerprint density at radius 1 is 1.40 bits per heavy atom. The van der Waals surface area contributed by atoms with Gasteiger partial charge >= 0.3 is 0 Å². The van der Waals surface area contributed by atoms with Crippen LogP contribution in [0.2, 0.25) is 0 Å². The van der Waals surface area contributed by atoms with Crippen molar-refractivity contribution in [1.29, 1.82) is 0 Å². The molecule has 0 aromatic heterocycles. The second-order valence-electron chi connectivity index (χ2n) is 3.04. The van der Waals surface area contributed by atoms with Crippen molar-refractivity contribution in [2.24, 2.45) is 4.99 Å². The van der Waals surface area contributed by atoms with E-state index < -0.39 is 0 Å². The molecule has 60 valence electrons. The van der Waals surface area contributed by atoms with Gasteiger partial charge in [-0.15, -0.1) is 0 Å².